The van der Waals surface area contributed by atoms with E-state index in [2.05, 4.69) is 302 Å². The molecule has 89 heavy (non-hydrogen) atoms. The predicted octanol–water partition coefficient (Wildman–Crippen LogP) is 20.4. The molecule has 0 unspecified atom stereocenters. The topological polar surface area (TPSA) is 62.8 Å². The first kappa shape index (κ1) is 48.1. The second kappa shape index (κ2) is 18.2. The molecule has 0 fully saturated rings. The van der Waals surface area contributed by atoms with Gasteiger partial charge in [-0.25, -0.2) is 15.0 Å². The fourth-order valence-corrected chi connectivity index (χ4v) is 15.3. The SMILES string of the molecule is c1ccc(-c2nc(-c3ccccc3)nc(-c3ccc4c5ccccc5n5c6c(-n7c8ccccc8c8ccccc87)c(-n7c8ccccc8c8ccccc87)c(-n7c8ccccc8c8ccccc87)c(-n7c8ccccc8c8ccccc87)c6c3c45)n2)cc1. The summed E-state index contributed by atoms with van der Waals surface area (Å²) >= 11 is 0. The number of aromatic nitrogens is 8. The van der Waals surface area contributed by atoms with Crippen molar-refractivity contribution in [2.45, 2.75) is 0 Å². The van der Waals surface area contributed by atoms with Gasteiger partial charge in [0.05, 0.1) is 83.4 Å². The monoisotopic (exact) mass is 1130 g/mol. The van der Waals surface area contributed by atoms with E-state index in [1.165, 1.54) is 21.5 Å². The third kappa shape index (κ3) is 6.53. The Morgan fingerprint density at radius 3 is 0.843 bits per heavy atom. The quantitative estimate of drug-likeness (QED) is 0.160. The van der Waals surface area contributed by atoms with Crippen LogP contribution in [-0.4, -0.2) is 37.6 Å². The molecule has 0 saturated carbocycles. The Morgan fingerprint density at radius 1 is 0.191 bits per heavy atom. The van der Waals surface area contributed by atoms with Crippen molar-refractivity contribution in [1.29, 1.82) is 0 Å². The standard InChI is InChI=1S/C81H48N8/c1-3-25-49(26-4-1)79-82-80(50-27-5-2-6-28-50)84-81(83-79)61-48-47-60-59-37-15-24-46-70(59)89-73(60)71(61)72-74(85-62-38-16-7-29-51(62)52-30-8-17-39-63(52)85)76(86-64-40-18-9-31-53(64)54-32-10-19-41-65(54)86)78(88-68-44-22-13-35-57(68)58-36-14-23-45-69(58)88)77(75(72)89)87-66-42-20-11-33-55(66)56-34-12-21-43-67(56)87/h1-48H. The van der Waals surface area contributed by atoms with Gasteiger partial charge in [-0.2, -0.15) is 0 Å². The van der Waals surface area contributed by atoms with Crippen LogP contribution in [0.4, 0.5) is 0 Å². The smallest absolute Gasteiger partial charge is 0.164 e. The van der Waals surface area contributed by atoms with Gasteiger partial charge in [-0.3, -0.25) is 0 Å². The van der Waals surface area contributed by atoms with Gasteiger partial charge in [-0.15, -0.1) is 0 Å². The summed E-state index contributed by atoms with van der Waals surface area (Å²) in [7, 11) is 0. The highest BCUT2D eigenvalue weighted by Crippen LogP contribution is 2.55. The molecule has 0 aliphatic heterocycles. The van der Waals surface area contributed by atoms with Gasteiger partial charge in [0.15, 0.2) is 17.5 Å². The zero-order chi connectivity index (χ0) is 58.0. The summed E-state index contributed by atoms with van der Waals surface area (Å²) in [6.45, 7) is 0. The first-order chi connectivity index (χ1) is 44.2. The highest BCUT2D eigenvalue weighted by Gasteiger charge is 2.37. The lowest BCUT2D eigenvalue weighted by Gasteiger charge is -2.27. The molecule has 0 bridgehead atoms. The van der Waals surface area contributed by atoms with Gasteiger partial charge in [-0.05, 0) is 60.7 Å². The largest absolute Gasteiger partial charge is 0.306 e. The zero-order valence-corrected chi connectivity index (χ0v) is 47.8. The maximum absolute atomic E-state index is 5.64. The third-order valence-corrected chi connectivity index (χ3v) is 18.8. The summed E-state index contributed by atoms with van der Waals surface area (Å²) in [5, 5.41) is 13.7. The molecule has 7 heterocycles. The predicted molar refractivity (Wildman–Crippen MR) is 368 cm³/mol. The molecule has 8 nitrogen and oxygen atoms in total. The van der Waals surface area contributed by atoms with Gasteiger partial charge in [0, 0.05) is 81.3 Å². The molecule has 13 aromatic carbocycles. The second-order valence-electron chi connectivity index (χ2n) is 23.4. The van der Waals surface area contributed by atoms with Gasteiger partial charge in [0.1, 0.15) is 0 Å². The number of hydrogen-bond acceptors (Lipinski definition) is 3. The molecule has 0 N–H and O–H groups in total. The summed E-state index contributed by atoms with van der Waals surface area (Å²) in [4.78, 5) is 16.6. The van der Waals surface area contributed by atoms with Gasteiger partial charge in [0.25, 0.3) is 0 Å². The molecule has 0 saturated heterocycles. The lowest BCUT2D eigenvalue weighted by molar-refractivity contribution is 1.03. The number of benzene rings is 13. The molecule has 8 heteroatoms. The van der Waals surface area contributed by atoms with Crippen LogP contribution in [0.5, 0.6) is 0 Å². The molecule has 0 spiro atoms. The molecule has 0 radical (unpaired) electrons. The van der Waals surface area contributed by atoms with Crippen LogP contribution in [0.15, 0.2) is 291 Å². The zero-order valence-electron chi connectivity index (χ0n) is 47.8. The molecule has 0 aliphatic carbocycles. The van der Waals surface area contributed by atoms with E-state index in [0.717, 1.165) is 143 Å². The van der Waals surface area contributed by atoms with E-state index in [1.54, 1.807) is 0 Å². The van der Waals surface area contributed by atoms with Crippen molar-refractivity contribution in [2.75, 3.05) is 0 Å². The van der Waals surface area contributed by atoms with Crippen molar-refractivity contribution in [3.63, 3.8) is 0 Å². The molecule has 7 aromatic heterocycles. The average Bonchev–Trinajstić information content (AvgIpc) is 1.52. The van der Waals surface area contributed by atoms with E-state index >= 15 is 0 Å². The van der Waals surface area contributed by atoms with Crippen LogP contribution in [0.25, 0.3) is 182 Å². The van der Waals surface area contributed by atoms with Gasteiger partial charge < -0.3 is 22.7 Å². The first-order valence-electron chi connectivity index (χ1n) is 30.4. The Labute approximate surface area is 508 Å². The Hall–Kier alpha value is -12.1. The van der Waals surface area contributed by atoms with Crippen molar-refractivity contribution < 1.29 is 0 Å². The maximum Gasteiger partial charge on any atom is 0.164 e. The normalized spacial score (nSPS) is 12.3. The van der Waals surface area contributed by atoms with E-state index in [0.29, 0.717) is 17.5 Å². The molecular formula is C81H48N8. The van der Waals surface area contributed by atoms with Crippen LogP contribution in [0.1, 0.15) is 0 Å². The lowest BCUT2D eigenvalue weighted by atomic mass is 9.98. The van der Waals surface area contributed by atoms with Gasteiger partial charge in [0.2, 0.25) is 0 Å². The molecule has 412 valence electrons. The Bertz CT molecular complexity index is 6080. The first-order valence-corrected chi connectivity index (χ1v) is 30.4. The van der Waals surface area contributed by atoms with E-state index in [9.17, 15) is 0 Å². The van der Waals surface area contributed by atoms with E-state index in [-0.39, 0.29) is 0 Å². The minimum absolute atomic E-state index is 0.579. The van der Waals surface area contributed by atoms with Crippen molar-refractivity contribution in [1.82, 2.24) is 37.6 Å². The van der Waals surface area contributed by atoms with Crippen LogP contribution in [-0.2, 0) is 0 Å². The summed E-state index contributed by atoms with van der Waals surface area (Å²) in [6, 6.07) is 106. The van der Waals surface area contributed by atoms with E-state index in [1.807, 2.05) is 12.1 Å². The van der Waals surface area contributed by atoms with Crippen molar-refractivity contribution in [3.8, 4) is 56.9 Å². The van der Waals surface area contributed by atoms with Crippen LogP contribution in [0.3, 0.4) is 0 Å². The van der Waals surface area contributed by atoms with E-state index in [4.69, 9.17) is 15.0 Å². The molecule has 20 aromatic rings. The number of hydrogen-bond donors (Lipinski definition) is 0. The lowest BCUT2D eigenvalue weighted by Crippen LogP contribution is -2.14. The minimum atomic E-state index is 0.579. The van der Waals surface area contributed by atoms with Crippen LogP contribution < -0.4 is 0 Å². The minimum Gasteiger partial charge on any atom is -0.306 e. The number of nitrogens with zero attached hydrogens (tertiary/aromatic N) is 8. The summed E-state index contributed by atoms with van der Waals surface area (Å²) < 4.78 is 13.0. The molecular weight excluding hydrogens is 1080 g/mol. The second-order valence-corrected chi connectivity index (χ2v) is 23.4. The van der Waals surface area contributed by atoms with Crippen LogP contribution >= 0.6 is 0 Å². The third-order valence-electron chi connectivity index (χ3n) is 18.8. The fourth-order valence-electron chi connectivity index (χ4n) is 15.3. The van der Waals surface area contributed by atoms with Crippen molar-refractivity contribution >= 4 is 125 Å². The highest BCUT2D eigenvalue weighted by molar-refractivity contribution is 6.32. The average molecular weight is 1130 g/mol. The Balaban J connectivity index is 1.16. The van der Waals surface area contributed by atoms with Crippen molar-refractivity contribution in [2.24, 2.45) is 0 Å². The highest BCUT2D eigenvalue weighted by atomic mass is 15.2. The maximum atomic E-state index is 5.64. The van der Waals surface area contributed by atoms with E-state index < -0.39 is 0 Å². The molecule has 0 amide bonds. The number of fused-ring (bicyclic) bond motifs is 18. The number of para-hydroxylation sites is 9. The van der Waals surface area contributed by atoms with Gasteiger partial charge >= 0.3 is 0 Å². The molecule has 20 rings (SSSR count). The molecule has 0 atom stereocenters. The summed E-state index contributed by atoms with van der Waals surface area (Å²) in [5.41, 5.74) is 18.7. The summed E-state index contributed by atoms with van der Waals surface area (Å²) in [5.74, 6) is 1.78. The van der Waals surface area contributed by atoms with Crippen molar-refractivity contribution in [3.05, 3.63) is 291 Å². The number of rotatable bonds is 7. The van der Waals surface area contributed by atoms with Gasteiger partial charge in [-0.1, -0.05) is 231 Å². The Kier molecular flexibility index (Phi) is 9.84. The fraction of sp³-hybridized carbons (Fsp3) is 0. The van der Waals surface area contributed by atoms with Crippen LogP contribution in [0.2, 0.25) is 0 Å². The van der Waals surface area contributed by atoms with Crippen LogP contribution in [0, 0.1) is 0 Å². The molecule has 0 aliphatic rings. The Morgan fingerprint density at radius 2 is 0.472 bits per heavy atom. The summed E-state index contributed by atoms with van der Waals surface area (Å²) in [6.07, 6.45) is 0.